The van der Waals surface area contributed by atoms with Crippen LogP contribution in [0.4, 0.5) is 0 Å². The molecule has 0 N–H and O–H groups in total. The van der Waals surface area contributed by atoms with Crippen molar-refractivity contribution >= 4 is 44.9 Å². The number of aromatic nitrogens is 2. The summed E-state index contributed by atoms with van der Waals surface area (Å²) in [5.41, 5.74) is 2.45. The molecule has 5 heteroatoms. The molecule has 4 aromatic rings. The zero-order chi connectivity index (χ0) is 16.4. The van der Waals surface area contributed by atoms with Gasteiger partial charge in [-0.1, -0.05) is 54.1 Å². The average molecular weight is 369 g/mol. The third-order valence-electron chi connectivity index (χ3n) is 3.64. The molecule has 0 saturated heterocycles. The fraction of sp³-hybridized carbons (Fsp3) is 0.0526. The molecule has 0 unspecified atom stereocenters. The summed E-state index contributed by atoms with van der Waals surface area (Å²) in [5.74, 6) is 0.861. The van der Waals surface area contributed by atoms with Gasteiger partial charge >= 0.3 is 0 Å². The van der Waals surface area contributed by atoms with Crippen molar-refractivity contribution in [3.05, 3.63) is 77.6 Å². The minimum Gasteiger partial charge on any atom is -0.229 e. The molecule has 0 radical (unpaired) electrons. The first-order valence-corrected chi connectivity index (χ1v) is 9.65. The quantitative estimate of drug-likeness (QED) is 0.312. The van der Waals surface area contributed by atoms with E-state index in [0.29, 0.717) is 0 Å². The summed E-state index contributed by atoms with van der Waals surface area (Å²) in [5, 5.41) is 2.91. The lowest BCUT2D eigenvalue weighted by Crippen LogP contribution is -1.85. The first kappa shape index (κ1) is 15.6. The van der Waals surface area contributed by atoms with E-state index in [9.17, 15) is 0 Å². The second kappa shape index (κ2) is 6.93. The fourth-order valence-electron chi connectivity index (χ4n) is 2.43. The molecule has 2 aromatic carbocycles. The van der Waals surface area contributed by atoms with E-state index in [2.05, 4.69) is 52.4 Å². The zero-order valence-corrected chi connectivity index (χ0v) is 15.0. The Morgan fingerprint density at radius 3 is 2.54 bits per heavy atom. The highest BCUT2D eigenvalue weighted by Crippen LogP contribution is 2.36. The van der Waals surface area contributed by atoms with Gasteiger partial charge in [-0.2, -0.15) is 0 Å². The van der Waals surface area contributed by atoms with Crippen LogP contribution in [0, 0.1) is 0 Å². The van der Waals surface area contributed by atoms with Gasteiger partial charge in [0.05, 0.1) is 0 Å². The Balaban J connectivity index is 1.63. The highest BCUT2D eigenvalue weighted by Gasteiger charge is 2.10. The molecular formula is C19H13ClN2S2. The molecule has 0 aliphatic rings. The van der Waals surface area contributed by atoms with Crippen molar-refractivity contribution in [2.75, 3.05) is 0 Å². The molecule has 0 aliphatic heterocycles. The lowest BCUT2D eigenvalue weighted by molar-refractivity contribution is 1.11. The lowest BCUT2D eigenvalue weighted by atomic mass is 10.2. The number of nitrogens with zero attached hydrogens (tertiary/aromatic N) is 2. The molecule has 0 aliphatic carbocycles. The van der Waals surface area contributed by atoms with Crippen LogP contribution >= 0.6 is 34.7 Å². The Hall–Kier alpha value is -1.88. The molecule has 0 bridgehead atoms. The second-order valence-corrected chi connectivity index (χ2v) is 7.72. The van der Waals surface area contributed by atoms with Crippen LogP contribution in [0.2, 0.25) is 5.02 Å². The van der Waals surface area contributed by atoms with Crippen LogP contribution in [0.1, 0.15) is 5.56 Å². The number of halogens is 1. The minimum absolute atomic E-state index is 0.763. The van der Waals surface area contributed by atoms with Crippen molar-refractivity contribution in [3.8, 4) is 10.4 Å². The molecule has 118 valence electrons. The van der Waals surface area contributed by atoms with E-state index in [1.165, 1.54) is 16.0 Å². The van der Waals surface area contributed by atoms with Gasteiger partial charge in [0.2, 0.25) is 0 Å². The molecule has 2 aromatic heterocycles. The Labute approximate surface area is 153 Å². The van der Waals surface area contributed by atoms with E-state index in [4.69, 9.17) is 11.6 Å². The first-order chi connectivity index (χ1) is 11.8. The van der Waals surface area contributed by atoms with E-state index >= 15 is 0 Å². The van der Waals surface area contributed by atoms with Crippen LogP contribution in [0.3, 0.4) is 0 Å². The maximum atomic E-state index is 5.94. The lowest BCUT2D eigenvalue weighted by Gasteiger charge is -2.02. The first-order valence-electron chi connectivity index (χ1n) is 7.47. The molecule has 2 heterocycles. The number of thioether (sulfide) groups is 1. The van der Waals surface area contributed by atoms with Crippen molar-refractivity contribution in [2.24, 2.45) is 0 Å². The summed E-state index contributed by atoms with van der Waals surface area (Å²) in [7, 11) is 0. The summed E-state index contributed by atoms with van der Waals surface area (Å²) in [6.07, 6.45) is 1.65. The van der Waals surface area contributed by atoms with Crippen molar-refractivity contribution in [2.45, 2.75) is 10.8 Å². The average Bonchev–Trinajstić information content (AvgIpc) is 3.07. The van der Waals surface area contributed by atoms with Gasteiger partial charge < -0.3 is 0 Å². The predicted octanol–water partition coefficient (Wildman–Crippen LogP) is 6.30. The number of hydrogen-bond donors (Lipinski definition) is 0. The second-order valence-electron chi connectivity index (χ2n) is 5.29. The summed E-state index contributed by atoms with van der Waals surface area (Å²) in [6, 6.07) is 20.5. The summed E-state index contributed by atoms with van der Waals surface area (Å²) >= 11 is 9.38. The summed E-state index contributed by atoms with van der Waals surface area (Å²) < 4.78 is 0. The Kier molecular flexibility index (Phi) is 4.52. The number of fused-ring (bicyclic) bond motifs is 1. The highest BCUT2D eigenvalue weighted by molar-refractivity contribution is 7.98. The van der Waals surface area contributed by atoms with Gasteiger partial charge in [-0.05, 0) is 29.3 Å². The molecule has 2 nitrogen and oxygen atoms in total. The van der Waals surface area contributed by atoms with E-state index in [0.717, 1.165) is 26.0 Å². The van der Waals surface area contributed by atoms with Gasteiger partial charge in [-0.15, -0.1) is 23.1 Å². The van der Waals surface area contributed by atoms with Crippen LogP contribution in [-0.2, 0) is 5.75 Å². The topological polar surface area (TPSA) is 25.8 Å². The van der Waals surface area contributed by atoms with Crippen molar-refractivity contribution < 1.29 is 0 Å². The SMILES string of the molecule is Clc1ccc(CSc2ncnc3sc(-c4ccccc4)cc23)cc1. The molecule has 24 heavy (non-hydrogen) atoms. The number of benzene rings is 2. The smallest absolute Gasteiger partial charge is 0.128 e. The van der Waals surface area contributed by atoms with Crippen LogP contribution in [-0.4, -0.2) is 9.97 Å². The van der Waals surface area contributed by atoms with Gasteiger partial charge in [0.1, 0.15) is 16.2 Å². The highest BCUT2D eigenvalue weighted by atomic mass is 35.5. The molecule has 0 saturated carbocycles. The van der Waals surface area contributed by atoms with Crippen LogP contribution in [0.15, 0.2) is 72.0 Å². The van der Waals surface area contributed by atoms with Crippen molar-refractivity contribution in [3.63, 3.8) is 0 Å². The maximum absolute atomic E-state index is 5.94. The summed E-state index contributed by atoms with van der Waals surface area (Å²) in [6.45, 7) is 0. The fourth-order valence-corrected chi connectivity index (χ4v) is 4.55. The molecule has 4 rings (SSSR count). The van der Waals surface area contributed by atoms with Crippen molar-refractivity contribution in [1.29, 1.82) is 0 Å². The molecular weight excluding hydrogens is 356 g/mol. The molecule has 0 amide bonds. The largest absolute Gasteiger partial charge is 0.229 e. The number of hydrogen-bond acceptors (Lipinski definition) is 4. The molecule has 0 spiro atoms. The van der Waals surface area contributed by atoms with Crippen LogP contribution in [0.25, 0.3) is 20.7 Å². The minimum atomic E-state index is 0.763. The van der Waals surface area contributed by atoms with Gasteiger partial charge in [0.25, 0.3) is 0 Å². The van der Waals surface area contributed by atoms with Gasteiger partial charge in [0, 0.05) is 21.0 Å². The van der Waals surface area contributed by atoms with Crippen LogP contribution < -0.4 is 0 Å². The Bertz CT molecular complexity index is 966. The van der Waals surface area contributed by atoms with Crippen LogP contribution in [0.5, 0.6) is 0 Å². The van der Waals surface area contributed by atoms with E-state index in [1.54, 1.807) is 29.4 Å². The Morgan fingerprint density at radius 1 is 0.958 bits per heavy atom. The zero-order valence-electron chi connectivity index (χ0n) is 12.6. The normalized spacial score (nSPS) is 11.0. The third kappa shape index (κ3) is 3.31. The van der Waals surface area contributed by atoms with E-state index < -0.39 is 0 Å². The summed E-state index contributed by atoms with van der Waals surface area (Å²) in [4.78, 5) is 11.2. The Morgan fingerprint density at radius 2 is 1.75 bits per heavy atom. The van der Waals surface area contributed by atoms with Gasteiger partial charge in [-0.25, -0.2) is 9.97 Å². The predicted molar refractivity (Wildman–Crippen MR) is 104 cm³/mol. The standard InChI is InChI=1S/C19H13ClN2S2/c20-15-8-6-13(7-9-15)11-23-18-16-10-17(14-4-2-1-3-5-14)24-19(16)22-12-21-18/h1-10,12H,11H2. The number of rotatable bonds is 4. The van der Waals surface area contributed by atoms with Gasteiger partial charge in [0.15, 0.2) is 0 Å². The number of thiophene rings is 1. The maximum Gasteiger partial charge on any atom is 0.128 e. The van der Waals surface area contributed by atoms with E-state index in [1.807, 2.05) is 18.2 Å². The van der Waals surface area contributed by atoms with E-state index in [-0.39, 0.29) is 0 Å². The monoisotopic (exact) mass is 368 g/mol. The van der Waals surface area contributed by atoms with Crippen molar-refractivity contribution in [1.82, 2.24) is 9.97 Å². The molecule has 0 fully saturated rings. The van der Waals surface area contributed by atoms with Gasteiger partial charge in [-0.3, -0.25) is 0 Å². The third-order valence-corrected chi connectivity index (χ3v) is 6.06. The molecule has 0 atom stereocenters.